The maximum atomic E-state index is 4.20. The third-order valence-corrected chi connectivity index (χ3v) is 2.03. The summed E-state index contributed by atoms with van der Waals surface area (Å²) in [7, 11) is 0. The molecular weight excluding hydrogens is 176 g/mol. The standard InChI is InChI=1S/C10H12N4/c1-8(2)9-5-10(13-6-12-9)14-4-3-11-7-14/h3-8H,1-2H3. The topological polar surface area (TPSA) is 43.6 Å². The van der Waals surface area contributed by atoms with Gasteiger partial charge in [-0.1, -0.05) is 13.8 Å². The second-order valence-corrected chi connectivity index (χ2v) is 3.43. The normalized spacial score (nSPS) is 10.8. The Balaban J connectivity index is 2.41. The molecule has 2 heterocycles. The Bertz CT molecular complexity index is 406. The van der Waals surface area contributed by atoms with Crippen molar-refractivity contribution in [1.82, 2.24) is 19.5 Å². The molecule has 0 aliphatic carbocycles. The van der Waals surface area contributed by atoms with Gasteiger partial charge in [0.2, 0.25) is 0 Å². The van der Waals surface area contributed by atoms with Gasteiger partial charge in [-0.3, -0.25) is 4.57 Å². The highest BCUT2D eigenvalue weighted by Gasteiger charge is 2.03. The molecule has 4 heteroatoms. The van der Waals surface area contributed by atoms with Crippen LogP contribution in [0.25, 0.3) is 5.82 Å². The van der Waals surface area contributed by atoms with Gasteiger partial charge >= 0.3 is 0 Å². The molecule has 0 unspecified atom stereocenters. The first-order valence-electron chi connectivity index (χ1n) is 4.57. The molecular formula is C10H12N4. The zero-order chi connectivity index (χ0) is 9.97. The monoisotopic (exact) mass is 188 g/mol. The summed E-state index contributed by atoms with van der Waals surface area (Å²) < 4.78 is 1.87. The summed E-state index contributed by atoms with van der Waals surface area (Å²) in [6, 6.07) is 1.98. The lowest BCUT2D eigenvalue weighted by Crippen LogP contribution is -1.99. The zero-order valence-electron chi connectivity index (χ0n) is 8.25. The van der Waals surface area contributed by atoms with Crippen LogP contribution < -0.4 is 0 Å². The van der Waals surface area contributed by atoms with Crippen LogP contribution in [-0.2, 0) is 0 Å². The Kier molecular flexibility index (Phi) is 2.26. The average molecular weight is 188 g/mol. The van der Waals surface area contributed by atoms with Crippen molar-refractivity contribution < 1.29 is 0 Å². The molecule has 0 aromatic carbocycles. The minimum absolute atomic E-state index is 0.417. The van der Waals surface area contributed by atoms with E-state index in [0.29, 0.717) is 5.92 Å². The Morgan fingerprint density at radius 1 is 1.29 bits per heavy atom. The van der Waals surface area contributed by atoms with Crippen LogP contribution >= 0.6 is 0 Å². The quantitative estimate of drug-likeness (QED) is 0.721. The van der Waals surface area contributed by atoms with E-state index in [-0.39, 0.29) is 0 Å². The van der Waals surface area contributed by atoms with E-state index in [0.717, 1.165) is 11.5 Å². The van der Waals surface area contributed by atoms with Crippen LogP contribution in [0.15, 0.2) is 31.1 Å². The molecule has 0 amide bonds. The van der Waals surface area contributed by atoms with Crippen molar-refractivity contribution in [3.05, 3.63) is 36.8 Å². The molecule has 72 valence electrons. The Labute approximate surface area is 82.7 Å². The SMILES string of the molecule is CC(C)c1cc(-n2ccnc2)ncn1. The highest BCUT2D eigenvalue weighted by molar-refractivity contribution is 5.24. The van der Waals surface area contributed by atoms with Gasteiger partial charge in [-0.2, -0.15) is 0 Å². The molecule has 14 heavy (non-hydrogen) atoms. The zero-order valence-corrected chi connectivity index (χ0v) is 8.25. The van der Waals surface area contributed by atoms with Gasteiger partial charge in [-0.15, -0.1) is 0 Å². The minimum atomic E-state index is 0.417. The van der Waals surface area contributed by atoms with Gasteiger partial charge in [0.25, 0.3) is 0 Å². The molecule has 0 radical (unpaired) electrons. The lowest BCUT2D eigenvalue weighted by Gasteiger charge is -2.05. The molecule has 2 rings (SSSR count). The van der Waals surface area contributed by atoms with E-state index in [2.05, 4.69) is 28.8 Å². The van der Waals surface area contributed by atoms with Gasteiger partial charge < -0.3 is 0 Å². The van der Waals surface area contributed by atoms with E-state index >= 15 is 0 Å². The number of nitrogens with zero attached hydrogens (tertiary/aromatic N) is 4. The fourth-order valence-electron chi connectivity index (χ4n) is 1.21. The molecule has 0 bridgehead atoms. The van der Waals surface area contributed by atoms with Crippen LogP contribution in [0.1, 0.15) is 25.5 Å². The van der Waals surface area contributed by atoms with E-state index in [4.69, 9.17) is 0 Å². The van der Waals surface area contributed by atoms with Crippen molar-refractivity contribution in [2.24, 2.45) is 0 Å². The summed E-state index contributed by atoms with van der Waals surface area (Å²) in [6.45, 7) is 4.22. The van der Waals surface area contributed by atoms with Crippen LogP contribution in [0.5, 0.6) is 0 Å². The molecule has 0 saturated carbocycles. The van der Waals surface area contributed by atoms with Crippen molar-refractivity contribution in [2.45, 2.75) is 19.8 Å². The van der Waals surface area contributed by atoms with E-state index in [1.807, 2.05) is 16.8 Å². The Morgan fingerprint density at radius 3 is 2.79 bits per heavy atom. The largest absolute Gasteiger partial charge is 0.290 e. The number of hydrogen-bond donors (Lipinski definition) is 0. The second-order valence-electron chi connectivity index (χ2n) is 3.43. The second kappa shape index (κ2) is 3.57. The molecule has 0 atom stereocenters. The number of rotatable bonds is 2. The lowest BCUT2D eigenvalue weighted by molar-refractivity contribution is 0.804. The van der Waals surface area contributed by atoms with Gasteiger partial charge in [0.05, 0.1) is 0 Å². The van der Waals surface area contributed by atoms with Crippen LogP contribution in [0.4, 0.5) is 0 Å². The molecule has 2 aromatic heterocycles. The predicted molar refractivity (Wildman–Crippen MR) is 53.2 cm³/mol. The summed E-state index contributed by atoms with van der Waals surface area (Å²) in [5.41, 5.74) is 1.05. The van der Waals surface area contributed by atoms with Crippen LogP contribution in [0.3, 0.4) is 0 Å². The van der Waals surface area contributed by atoms with Gasteiger partial charge in [-0.05, 0) is 5.92 Å². The fourth-order valence-corrected chi connectivity index (χ4v) is 1.21. The summed E-state index contributed by atoms with van der Waals surface area (Å²) in [6.07, 6.45) is 6.92. The molecule has 0 spiro atoms. The molecule has 0 aliphatic heterocycles. The van der Waals surface area contributed by atoms with E-state index < -0.39 is 0 Å². The van der Waals surface area contributed by atoms with Gasteiger partial charge in [0, 0.05) is 24.2 Å². The van der Waals surface area contributed by atoms with Gasteiger partial charge in [-0.25, -0.2) is 15.0 Å². The van der Waals surface area contributed by atoms with Crippen molar-refractivity contribution in [2.75, 3.05) is 0 Å². The van der Waals surface area contributed by atoms with Crippen LogP contribution in [0, 0.1) is 0 Å². The average Bonchev–Trinajstić information content (AvgIpc) is 2.71. The minimum Gasteiger partial charge on any atom is -0.290 e. The highest BCUT2D eigenvalue weighted by Crippen LogP contribution is 2.12. The Morgan fingerprint density at radius 2 is 2.14 bits per heavy atom. The van der Waals surface area contributed by atoms with Crippen molar-refractivity contribution in [3.8, 4) is 5.82 Å². The maximum Gasteiger partial charge on any atom is 0.141 e. The smallest absolute Gasteiger partial charge is 0.141 e. The third kappa shape index (κ3) is 1.64. The molecule has 4 nitrogen and oxygen atoms in total. The molecule has 0 aliphatic rings. The predicted octanol–water partition coefficient (Wildman–Crippen LogP) is 1.79. The number of aromatic nitrogens is 4. The van der Waals surface area contributed by atoms with E-state index in [1.54, 1.807) is 18.9 Å². The van der Waals surface area contributed by atoms with Crippen LogP contribution in [-0.4, -0.2) is 19.5 Å². The highest BCUT2D eigenvalue weighted by atomic mass is 15.1. The first kappa shape index (κ1) is 8.87. The van der Waals surface area contributed by atoms with Crippen molar-refractivity contribution >= 4 is 0 Å². The summed E-state index contributed by atoms with van der Waals surface area (Å²) in [4.78, 5) is 12.4. The van der Waals surface area contributed by atoms with E-state index in [9.17, 15) is 0 Å². The first-order valence-corrected chi connectivity index (χ1v) is 4.57. The van der Waals surface area contributed by atoms with Crippen LogP contribution in [0.2, 0.25) is 0 Å². The van der Waals surface area contributed by atoms with Gasteiger partial charge in [0.15, 0.2) is 0 Å². The molecule has 0 fully saturated rings. The lowest BCUT2D eigenvalue weighted by atomic mass is 10.1. The molecule has 2 aromatic rings. The van der Waals surface area contributed by atoms with Crippen molar-refractivity contribution in [3.63, 3.8) is 0 Å². The molecule has 0 N–H and O–H groups in total. The number of imidazole rings is 1. The summed E-state index contributed by atoms with van der Waals surface area (Å²) >= 11 is 0. The molecule has 0 saturated heterocycles. The van der Waals surface area contributed by atoms with Crippen molar-refractivity contribution in [1.29, 1.82) is 0 Å². The summed E-state index contributed by atoms with van der Waals surface area (Å²) in [5, 5.41) is 0. The Hall–Kier alpha value is -1.71. The maximum absolute atomic E-state index is 4.20. The fraction of sp³-hybridized carbons (Fsp3) is 0.300. The number of hydrogen-bond acceptors (Lipinski definition) is 3. The summed E-state index contributed by atoms with van der Waals surface area (Å²) in [5.74, 6) is 1.28. The van der Waals surface area contributed by atoms with Gasteiger partial charge in [0.1, 0.15) is 18.5 Å². The van der Waals surface area contributed by atoms with E-state index in [1.165, 1.54) is 0 Å². The first-order chi connectivity index (χ1) is 6.77. The third-order valence-electron chi connectivity index (χ3n) is 2.03.